The van der Waals surface area contributed by atoms with Crippen LogP contribution in [0.1, 0.15) is 36.0 Å². The van der Waals surface area contributed by atoms with Crippen LogP contribution in [0.2, 0.25) is 0 Å². The van der Waals surface area contributed by atoms with Gasteiger partial charge in [0, 0.05) is 12.6 Å². The number of hydrogen-bond donors (Lipinski definition) is 1. The summed E-state index contributed by atoms with van der Waals surface area (Å²) >= 11 is 0. The first-order valence-electron chi connectivity index (χ1n) is 6.30. The van der Waals surface area contributed by atoms with E-state index in [2.05, 4.69) is 0 Å². The van der Waals surface area contributed by atoms with E-state index in [1.54, 1.807) is 11.9 Å². The molecular weight excluding hydrogens is 233 g/mol. The molecule has 2 atom stereocenters. The summed E-state index contributed by atoms with van der Waals surface area (Å²) in [6.07, 6.45) is 3.16. The molecule has 0 aromatic heterocycles. The highest BCUT2D eigenvalue weighted by atomic mass is 19.1. The van der Waals surface area contributed by atoms with E-state index < -0.39 is 6.10 Å². The molecule has 98 valence electrons. The maximum absolute atomic E-state index is 12.8. The number of aliphatic hydroxyl groups is 1. The number of hydrogen-bond acceptors (Lipinski definition) is 2. The van der Waals surface area contributed by atoms with Crippen molar-refractivity contribution in [1.29, 1.82) is 0 Å². The molecule has 1 saturated carbocycles. The van der Waals surface area contributed by atoms with E-state index >= 15 is 0 Å². The summed E-state index contributed by atoms with van der Waals surface area (Å²) in [5.41, 5.74) is 0.455. The van der Waals surface area contributed by atoms with Gasteiger partial charge in [-0.25, -0.2) is 4.39 Å². The summed E-state index contributed by atoms with van der Waals surface area (Å²) in [6.45, 7) is 0. The van der Waals surface area contributed by atoms with Gasteiger partial charge in [-0.15, -0.1) is 0 Å². The van der Waals surface area contributed by atoms with Gasteiger partial charge in [-0.1, -0.05) is 12.8 Å². The molecule has 3 nitrogen and oxygen atoms in total. The number of carbonyl (C=O) groups is 1. The lowest BCUT2D eigenvalue weighted by Gasteiger charge is -2.35. The van der Waals surface area contributed by atoms with Crippen molar-refractivity contribution in [2.24, 2.45) is 0 Å². The molecule has 1 N–H and O–H groups in total. The third kappa shape index (κ3) is 2.70. The van der Waals surface area contributed by atoms with Crippen molar-refractivity contribution in [2.45, 2.75) is 37.8 Å². The average molecular weight is 251 g/mol. The van der Waals surface area contributed by atoms with E-state index in [0.717, 1.165) is 25.7 Å². The van der Waals surface area contributed by atoms with Crippen molar-refractivity contribution in [1.82, 2.24) is 4.90 Å². The van der Waals surface area contributed by atoms with E-state index in [1.165, 1.54) is 24.3 Å². The van der Waals surface area contributed by atoms with Crippen molar-refractivity contribution in [2.75, 3.05) is 7.05 Å². The van der Waals surface area contributed by atoms with Crippen molar-refractivity contribution in [3.05, 3.63) is 35.6 Å². The van der Waals surface area contributed by atoms with Crippen molar-refractivity contribution >= 4 is 5.91 Å². The van der Waals surface area contributed by atoms with Crippen LogP contribution in [-0.4, -0.2) is 35.1 Å². The topological polar surface area (TPSA) is 40.5 Å². The molecule has 1 amide bonds. The van der Waals surface area contributed by atoms with Gasteiger partial charge in [0.15, 0.2) is 0 Å². The zero-order valence-electron chi connectivity index (χ0n) is 10.5. The number of benzene rings is 1. The molecule has 0 bridgehead atoms. The van der Waals surface area contributed by atoms with Gasteiger partial charge in [-0.05, 0) is 37.1 Å². The Morgan fingerprint density at radius 1 is 1.28 bits per heavy atom. The summed E-state index contributed by atoms with van der Waals surface area (Å²) in [4.78, 5) is 13.8. The minimum absolute atomic E-state index is 0.128. The Bertz CT molecular complexity index is 418. The summed E-state index contributed by atoms with van der Waals surface area (Å²) in [5, 5.41) is 9.93. The first-order valence-corrected chi connectivity index (χ1v) is 6.30. The smallest absolute Gasteiger partial charge is 0.253 e. The molecular formula is C14H18FNO2. The van der Waals surface area contributed by atoms with Gasteiger partial charge in [0.25, 0.3) is 5.91 Å². The van der Waals surface area contributed by atoms with Gasteiger partial charge >= 0.3 is 0 Å². The normalized spacial score (nSPS) is 23.7. The third-order valence-electron chi connectivity index (χ3n) is 3.60. The van der Waals surface area contributed by atoms with E-state index in [0.29, 0.717) is 5.56 Å². The molecule has 2 rings (SSSR count). The Morgan fingerprint density at radius 3 is 2.50 bits per heavy atom. The van der Waals surface area contributed by atoms with Crippen LogP contribution in [0.25, 0.3) is 0 Å². The maximum Gasteiger partial charge on any atom is 0.253 e. The Morgan fingerprint density at radius 2 is 1.89 bits per heavy atom. The lowest BCUT2D eigenvalue weighted by atomic mass is 9.91. The van der Waals surface area contributed by atoms with Gasteiger partial charge in [-0.2, -0.15) is 0 Å². The molecule has 1 aromatic carbocycles. The molecule has 1 aliphatic rings. The van der Waals surface area contributed by atoms with Crippen LogP contribution in [0.5, 0.6) is 0 Å². The molecule has 0 aliphatic heterocycles. The second-order valence-corrected chi connectivity index (χ2v) is 4.84. The molecule has 1 fully saturated rings. The van der Waals surface area contributed by atoms with Gasteiger partial charge in [0.1, 0.15) is 5.82 Å². The van der Waals surface area contributed by atoms with Crippen LogP contribution >= 0.6 is 0 Å². The minimum Gasteiger partial charge on any atom is -0.391 e. The monoisotopic (exact) mass is 251 g/mol. The molecule has 0 radical (unpaired) electrons. The number of aliphatic hydroxyl groups excluding tert-OH is 1. The molecule has 0 heterocycles. The minimum atomic E-state index is -0.451. The fourth-order valence-electron chi connectivity index (χ4n) is 2.49. The SMILES string of the molecule is CN(C(=O)c1ccc(F)cc1)[C@H]1CCCC[C@H]1O. The Labute approximate surface area is 106 Å². The first kappa shape index (κ1) is 13.0. The van der Waals surface area contributed by atoms with Crippen LogP contribution in [-0.2, 0) is 0 Å². The van der Waals surface area contributed by atoms with E-state index in [1.807, 2.05) is 0 Å². The molecule has 0 saturated heterocycles. The number of likely N-dealkylation sites (N-methyl/N-ethyl adjacent to an activating group) is 1. The molecule has 1 aromatic rings. The summed E-state index contributed by atoms with van der Waals surface area (Å²) in [7, 11) is 1.70. The Balaban J connectivity index is 2.10. The van der Waals surface area contributed by atoms with E-state index in [9.17, 15) is 14.3 Å². The van der Waals surface area contributed by atoms with Crippen molar-refractivity contribution in [3.63, 3.8) is 0 Å². The number of rotatable bonds is 2. The number of halogens is 1. The quantitative estimate of drug-likeness (QED) is 0.875. The first-order chi connectivity index (χ1) is 8.59. The standard InChI is InChI=1S/C14H18FNO2/c1-16(12-4-2-3-5-13(12)17)14(18)10-6-8-11(15)9-7-10/h6-9,12-13,17H,2-5H2,1H3/t12-,13+/m0/s1. The van der Waals surface area contributed by atoms with Crippen LogP contribution in [0.4, 0.5) is 4.39 Å². The summed E-state index contributed by atoms with van der Waals surface area (Å²) in [6, 6.07) is 5.38. The average Bonchev–Trinajstić information content (AvgIpc) is 2.38. The van der Waals surface area contributed by atoms with Gasteiger partial charge in [0.05, 0.1) is 12.1 Å². The zero-order chi connectivity index (χ0) is 13.1. The summed E-state index contributed by atoms with van der Waals surface area (Å²) in [5.74, 6) is -0.521. The van der Waals surface area contributed by atoms with E-state index in [4.69, 9.17) is 0 Å². The van der Waals surface area contributed by atoms with Gasteiger partial charge < -0.3 is 10.0 Å². The molecule has 4 heteroatoms. The highest BCUT2D eigenvalue weighted by molar-refractivity contribution is 5.94. The molecule has 0 unspecified atom stereocenters. The third-order valence-corrected chi connectivity index (χ3v) is 3.60. The number of nitrogens with zero attached hydrogens (tertiary/aromatic N) is 1. The predicted octanol–water partition coefficient (Wildman–Crippen LogP) is 2.20. The lowest BCUT2D eigenvalue weighted by molar-refractivity contribution is 0.0268. The second kappa shape index (κ2) is 5.48. The van der Waals surface area contributed by atoms with Crippen molar-refractivity contribution in [3.8, 4) is 0 Å². The lowest BCUT2D eigenvalue weighted by Crippen LogP contribution is -2.46. The van der Waals surface area contributed by atoms with Gasteiger partial charge in [-0.3, -0.25) is 4.79 Å². The number of amides is 1. The number of carbonyl (C=O) groups excluding carboxylic acids is 1. The predicted molar refractivity (Wildman–Crippen MR) is 66.8 cm³/mol. The van der Waals surface area contributed by atoms with Gasteiger partial charge in [0.2, 0.25) is 0 Å². The molecule has 18 heavy (non-hydrogen) atoms. The fraction of sp³-hybridized carbons (Fsp3) is 0.500. The highest BCUT2D eigenvalue weighted by Gasteiger charge is 2.29. The van der Waals surface area contributed by atoms with Crippen molar-refractivity contribution < 1.29 is 14.3 Å². The Kier molecular flexibility index (Phi) is 3.97. The van der Waals surface area contributed by atoms with Crippen LogP contribution in [0.15, 0.2) is 24.3 Å². The Hall–Kier alpha value is -1.42. The maximum atomic E-state index is 12.8. The molecule has 1 aliphatic carbocycles. The molecule has 0 spiro atoms. The van der Waals surface area contributed by atoms with Crippen LogP contribution in [0, 0.1) is 5.82 Å². The largest absolute Gasteiger partial charge is 0.391 e. The highest BCUT2D eigenvalue weighted by Crippen LogP contribution is 2.23. The van der Waals surface area contributed by atoms with Crippen LogP contribution < -0.4 is 0 Å². The fourth-order valence-corrected chi connectivity index (χ4v) is 2.49. The second-order valence-electron chi connectivity index (χ2n) is 4.84. The van der Waals surface area contributed by atoms with Crippen LogP contribution in [0.3, 0.4) is 0 Å². The van der Waals surface area contributed by atoms with E-state index in [-0.39, 0.29) is 17.8 Å². The zero-order valence-corrected chi connectivity index (χ0v) is 10.5. The summed E-state index contributed by atoms with van der Waals surface area (Å²) < 4.78 is 12.8.